The zero-order valence-corrected chi connectivity index (χ0v) is 20.0. The summed E-state index contributed by atoms with van der Waals surface area (Å²) in [6, 6.07) is 12.1. The molecule has 1 amide bonds. The van der Waals surface area contributed by atoms with Crippen LogP contribution in [0.1, 0.15) is 18.4 Å². The zero-order valence-electron chi connectivity index (χ0n) is 17.7. The van der Waals surface area contributed by atoms with Crippen molar-refractivity contribution >= 4 is 39.1 Å². The van der Waals surface area contributed by atoms with E-state index >= 15 is 0 Å². The van der Waals surface area contributed by atoms with Crippen molar-refractivity contribution in [3.8, 4) is 11.5 Å². The number of benzene rings is 2. The molecule has 0 atom stereocenters. The van der Waals surface area contributed by atoms with Gasteiger partial charge in [-0.15, -0.1) is 0 Å². The molecule has 0 aliphatic carbocycles. The Labute approximate surface area is 198 Å². The number of carbonyl (C=O) groups excluding carboxylic acids is 1. The molecule has 0 aromatic heterocycles. The number of ether oxygens (including phenoxy) is 2. The highest BCUT2D eigenvalue weighted by Crippen LogP contribution is 2.29. The van der Waals surface area contributed by atoms with Crippen molar-refractivity contribution in [2.24, 2.45) is 5.92 Å². The molecule has 0 saturated carbocycles. The molecular formula is C22H26Cl2N2O5S. The lowest BCUT2D eigenvalue weighted by Gasteiger charge is -2.30. The van der Waals surface area contributed by atoms with E-state index in [1.54, 1.807) is 49.6 Å². The van der Waals surface area contributed by atoms with Crippen LogP contribution in [0.2, 0.25) is 10.0 Å². The minimum atomic E-state index is -3.58. The van der Waals surface area contributed by atoms with Gasteiger partial charge in [-0.25, -0.2) is 12.7 Å². The summed E-state index contributed by atoms with van der Waals surface area (Å²) < 4.78 is 37.7. The maximum atomic E-state index is 12.8. The van der Waals surface area contributed by atoms with Crippen molar-refractivity contribution in [2.45, 2.75) is 18.6 Å². The third kappa shape index (κ3) is 6.51. The summed E-state index contributed by atoms with van der Waals surface area (Å²) in [6.45, 7) is 1.27. The monoisotopic (exact) mass is 500 g/mol. The van der Waals surface area contributed by atoms with E-state index in [0.717, 1.165) is 5.75 Å². The normalized spacial score (nSPS) is 15.3. The molecule has 174 valence electrons. The van der Waals surface area contributed by atoms with E-state index in [-0.39, 0.29) is 30.7 Å². The van der Waals surface area contributed by atoms with Crippen molar-refractivity contribution < 1.29 is 22.7 Å². The lowest BCUT2D eigenvalue weighted by Crippen LogP contribution is -2.44. The molecule has 0 bridgehead atoms. The van der Waals surface area contributed by atoms with E-state index in [0.29, 0.717) is 47.4 Å². The Morgan fingerprint density at radius 3 is 2.25 bits per heavy atom. The Hall–Kier alpha value is -2.00. The fraction of sp³-hybridized carbons (Fsp3) is 0.409. The van der Waals surface area contributed by atoms with Crippen LogP contribution in [0.15, 0.2) is 42.5 Å². The van der Waals surface area contributed by atoms with Crippen LogP contribution < -0.4 is 14.8 Å². The lowest BCUT2D eigenvalue weighted by molar-refractivity contribution is -0.126. The molecule has 1 heterocycles. The summed E-state index contributed by atoms with van der Waals surface area (Å²) in [5.74, 6) is 0.859. The maximum absolute atomic E-state index is 12.8. The summed E-state index contributed by atoms with van der Waals surface area (Å²) in [7, 11) is -1.99. The molecule has 0 unspecified atom stereocenters. The zero-order chi connectivity index (χ0) is 23.1. The van der Waals surface area contributed by atoms with Gasteiger partial charge in [0.1, 0.15) is 18.1 Å². The second-order valence-corrected chi connectivity index (χ2v) is 10.2. The van der Waals surface area contributed by atoms with Crippen LogP contribution >= 0.6 is 23.2 Å². The van der Waals surface area contributed by atoms with Gasteiger partial charge in [0, 0.05) is 34.6 Å². The number of amides is 1. The molecule has 1 fully saturated rings. The van der Waals surface area contributed by atoms with Gasteiger partial charge in [0.25, 0.3) is 0 Å². The van der Waals surface area contributed by atoms with Crippen molar-refractivity contribution in [2.75, 3.05) is 33.4 Å². The molecule has 3 rings (SSSR count). The average molecular weight is 501 g/mol. The Bertz CT molecular complexity index is 1000. The van der Waals surface area contributed by atoms with Gasteiger partial charge in [0.15, 0.2) is 0 Å². The molecule has 32 heavy (non-hydrogen) atoms. The summed E-state index contributed by atoms with van der Waals surface area (Å²) in [5.41, 5.74) is 0.396. The minimum absolute atomic E-state index is 0.0884. The molecular weight excluding hydrogens is 475 g/mol. The smallest absolute Gasteiger partial charge is 0.223 e. The number of carbonyl (C=O) groups is 1. The van der Waals surface area contributed by atoms with Crippen LogP contribution in [-0.4, -0.2) is 52.0 Å². The first kappa shape index (κ1) is 24.6. The number of halogens is 2. The van der Waals surface area contributed by atoms with Crippen LogP contribution in [0.25, 0.3) is 0 Å². The molecule has 1 N–H and O–H groups in total. The maximum Gasteiger partial charge on any atom is 0.223 e. The first-order chi connectivity index (χ1) is 15.3. The van der Waals surface area contributed by atoms with E-state index in [1.807, 2.05) is 0 Å². The van der Waals surface area contributed by atoms with Gasteiger partial charge in [-0.3, -0.25) is 4.79 Å². The highest BCUT2D eigenvalue weighted by Gasteiger charge is 2.31. The van der Waals surface area contributed by atoms with Gasteiger partial charge in [-0.05, 0) is 49.2 Å². The van der Waals surface area contributed by atoms with E-state index in [1.165, 1.54) is 4.31 Å². The third-order valence-electron chi connectivity index (χ3n) is 5.34. The second kappa shape index (κ2) is 11.2. The number of nitrogens with one attached hydrogen (secondary N) is 1. The summed E-state index contributed by atoms with van der Waals surface area (Å²) in [4.78, 5) is 12.4. The van der Waals surface area contributed by atoms with E-state index < -0.39 is 10.0 Å². The van der Waals surface area contributed by atoms with Crippen molar-refractivity contribution in [3.05, 3.63) is 58.1 Å². The van der Waals surface area contributed by atoms with Gasteiger partial charge in [-0.2, -0.15) is 0 Å². The standard InChI is InChI=1S/C22H26Cl2N2O5S/c1-30-17-5-7-18(8-6-17)31-14-11-25-22(27)16-9-12-26(13-10-16)32(28,29)15-19-20(23)3-2-4-21(19)24/h2-8,16H,9-15H2,1H3,(H,25,27). The molecule has 0 radical (unpaired) electrons. The quantitative estimate of drug-likeness (QED) is 0.530. The van der Waals surface area contributed by atoms with E-state index in [9.17, 15) is 13.2 Å². The number of piperidine rings is 1. The highest BCUT2D eigenvalue weighted by molar-refractivity contribution is 7.88. The predicted molar refractivity (Wildman–Crippen MR) is 125 cm³/mol. The predicted octanol–water partition coefficient (Wildman–Crippen LogP) is 3.74. The lowest BCUT2D eigenvalue weighted by atomic mass is 9.97. The van der Waals surface area contributed by atoms with Gasteiger partial charge < -0.3 is 14.8 Å². The van der Waals surface area contributed by atoms with Crippen LogP contribution in [0.5, 0.6) is 11.5 Å². The second-order valence-electron chi connectivity index (χ2n) is 7.44. The van der Waals surface area contributed by atoms with E-state index in [4.69, 9.17) is 32.7 Å². The van der Waals surface area contributed by atoms with Gasteiger partial charge in [0.05, 0.1) is 19.4 Å². The largest absolute Gasteiger partial charge is 0.497 e. The van der Waals surface area contributed by atoms with Crippen LogP contribution in [0.4, 0.5) is 0 Å². The number of rotatable bonds is 9. The Morgan fingerprint density at radius 2 is 1.66 bits per heavy atom. The Kier molecular flexibility index (Phi) is 8.64. The molecule has 7 nitrogen and oxygen atoms in total. The van der Waals surface area contributed by atoms with Gasteiger partial charge in [-0.1, -0.05) is 29.3 Å². The SMILES string of the molecule is COc1ccc(OCCNC(=O)C2CCN(S(=O)(=O)Cc3c(Cl)cccc3Cl)CC2)cc1. The molecule has 1 aliphatic rings. The molecule has 1 aliphatic heterocycles. The summed E-state index contributed by atoms with van der Waals surface area (Å²) in [6.07, 6.45) is 0.918. The van der Waals surface area contributed by atoms with Crippen LogP contribution in [0.3, 0.4) is 0 Å². The third-order valence-corrected chi connectivity index (χ3v) is 7.85. The molecule has 0 spiro atoms. The fourth-order valence-electron chi connectivity index (χ4n) is 3.50. The number of sulfonamides is 1. The Balaban J connectivity index is 1.42. The Morgan fingerprint density at radius 1 is 1.06 bits per heavy atom. The number of hydrogen-bond donors (Lipinski definition) is 1. The average Bonchev–Trinajstić information content (AvgIpc) is 2.79. The minimum Gasteiger partial charge on any atom is -0.497 e. The summed E-state index contributed by atoms with van der Waals surface area (Å²) >= 11 is 12.2. The summed E-state index contributed by atoms with van der Waals surface area (Å²) in [5, 5.41) is 3.51. The first-order valence-electron chi connectivity index (χ1n) is 10.3. The van der Waals surface area contributed by atoms with Crippen LogP contribution in [0, 0.1) is 5.92 Å². The molecule has 2 aromatic rings. The number of nitrogens with zero attached hydrogens (tertiary/aromatic N) is 1. The van der Waals surface area contributed by atoms with Gasteiger partial charge in [0.2, 0.25) is 15.9 Å². The number of hydrogen-bond acceptors (Lipinski definition) is 5. The van der Waals surface area contributed by atoms with E-state index in [2.05, 4.69) is 5.32 Å². The van der Waals surface area contributed by atoms with Gasteiger partial charge >= 0.3 is 0 Å². The molecule has 2 aromatic carbocycles. The van der Waals surface area contributed by atoms with Crippen molar-refractivity contribution in [3.63, 3.8) is 0 Å². The van der Waals surface area contributed by atoms with Crippen LogP contribution in [-0.2, 0) is 20.6 Å². The molecule has 1 saturated heterocycles. The van der Waals surface area contributed by atoms with Crippen molar-refractivity contribution in [1.29, 1.82) is 0 Å². The molecule has 10 heteroatoms. The fourth-order valence-corrected chi connectivity index (χ4v) is 5.81. The highest BCUT2D eigenvalue weighted by atomic mass is 35.5. The van der Waals surface area contributed by atoms with Crippen molar-refractivity contribution in [1.82, 2.24) is 9.62 Å². The first-order valence-corrected chi connectivity index (χ1v) is 12.6. The topological polar surface area (TPSA) is 84.9 Å². The number of methoxy groups -OCH3 is 1.